The predicted molar refractivity (Wildman–Crippen MR) is 92.1 cm³/mol. The molecule has 0 bridgehead atoms. The first-order chi connectivity index (χ1) is 10.9. The molecule has 104 valence electrons. The number of pyridine rings is 1. The van der Waals surface area contributed by atoms with Crippen molar-refractivity contribution >= 4 is 21.7 Å². The highest BCUT2D eigenvalue weighted by molar-refractivity contribution is 5.98. The second kappa shape index (κ2) is 4.41. The molecule has 4 aromatic rings. The quantitative estimate of drug-likeness (QED) is 0.470. The average molecular weight is 281 g/mol. The normalized spacial score (nSPS) is 13.1. The number of fused-ring (bicyclic) bond motifs is 1. The Labute approximate surface area is 129 Å². The molecule has 0 N–H and O–H groups in total. The van der Waals surface area contributed by atoms with E-state index in [1.54, 1.807) is 0 Å². The van der Waals surface area contributed by atoms with Gasteiger partial charge >= 0.3 is 0 Å². The van der Waals surface area contributed by atoms with Gasteiger partial charge in [0.05, 0.1) is 11.2 Å². The van der Waals surface area contributed by atoms with E-state index in [2.05, 4.69) is 66.7 Å². The summed E-state index contributed by atoms with van der Waals surface area (Å²) in [6, 6.07) is 23.8. The molecule has 1 heterocycles. The Morgan fingerprint density at radius 1 is 0.727 bits per heavy atom. The highest BCUT2D eigenvalue weighted by Gasteiger charge is 2.17. The Bertz CT molecular complexity index is 1030. The second-order valence-electron chi connectivity index (χ2n) is 6.00. The molecule has 1 aromatic heterocycles. The molecule has 1 aliphatic rings. The topological polar surface area (TPSA) is 12.9 Å². The van der Waals surface area contributed by atoms with E-state index in [-0.39, 0.29) is 0 Å². The number of hydrogen-bond acceptors (Lipinski definition) is 1. The van der Waals surface area contributed by atoms with E-state index < -0.39 is 0 Å². The summed E-state index contributed by atoms with van der Waals surface area (Å²) in [6.07, 6.45) is 2.28. The molecule has 1 nitrogen and oxygen atoms in total. The van der Waals surface area contributed by atoms with Crippen LogP contribution in [-0.2, 0) is 12.8 Å². The largest absolute Gasteiger partial charge is 0.248 e. The number of aromatic nitrogens is 1. The van der Waals surface area contributed by atoms with Gasteiger partial charge in [-0.05, 0) is 46.9 Å². The van der Waals surface area contributed by atoms with Gasteiger partial charge < -0.3 is 0 Å². The van der Waals surface area contributed by atoms with E-state index >= 15 is 0 Å². The van der Waals surface area contributed by atoms with Crippen molar-refractivity contribution in [1.29, 1.82) is 0 Å². The molecule has 0 radical (unpaired) electrons. The predicted octanol–water partition coefficient (Wildman–Crippen LogP) is 5.15. The molecule has 1 aliphatic carbocycles. The van der Waals surface area contributed by atoms with Crippen molar-refractivity contribution < 1.29 is 0 Å². The Balaban J connectivity index is 1.85. The Morgan fingerprint density at radius 2 is 1.55 bits per heavy atom. The number of benzene rings is 3. The molecule has 1 heteroatoms. The molecule has 0 unspecified atom stereocenters. The third-order valence-electron chi connectivity index (χ3n) is 4.73. The maximum absolute atomic E-state index is 4.96. The van der Waals surface area contributed by atoms with Crippen LogP contribution in [0.25, 0.3) is 32.9 Å². The fourth-order valence-electron chi connectivity index (χ4n) is 3.71. The minimum Gasteiger partial charge on any atom is -0.248 e. The Hall–Kier alpha value is -2.67. The van der Waals surface area contributed by atoms with Crippen LogP contribution in [0.15, 0.2) is 66.7 Å². The molecule has 5 rings (SSSR count). The maximum atomic E-state index is 4.96. The second-order valence-corrected chi connectivity index (χ2v) is 6.00. The van der Waals surface area contributed by atoms with Crippen molar-refractivity contribution in [3.05, 3.63) is 77.9 Å². The van der Waals surface area contributed by atoms with Crippen LogP contribution in [0.5, 0.6) is 0 Å². The van der Waals surface area contributed by atoms with E-state index in [1.165, 1.54) is 32.8 Å². The van der Waals surface area contributed by atoms with Crippen molar-refractivity contribution in [2.24, 2.45) is 0 Å². The minimum atomic E-state index is 1.10. The van der Waals surface area contributed by atoms with Crippen LogP contribution < -0.4 is 0 Å². The molecule has 0 amide bonds. The highest BCUT2D eigenvalue weighted by atomic mass is 14.7. The number of aryl methyl sites for hydroxylation is 2. The maximum Gasteiger partial charge on any atom is 0.0718 e. The van der Waals surface area contributed by atoms with Gasteiger partial charge in [0.2, 0.25) is 0 Å². The summed E-state index contributed by atoms with van der Waals surface area (Å²) in [4.78, 5) is 4.96. The molecule has 3 aromatic carbocycles. The van der Waals surface area contributed by atoms with Gasteiger partial charge in [0.15, 0.2) is 0 Å². The van der Waals surface area contributed by atoms with Crippen molar-refractivity contribution in [3.8, 4) is 11.3 Å². The summed E-state index contributed by atoms with van der Waals surface area (Å²) in [5, 5.41) is 3.93. The van der Waals surface area contributed by atoms with Crippen molar-refractivity contribution in [1.82, 2.24) is 4.98 Å². The van der Waals surface area contributed by atoms with Gasteiger partial charge in [0, 0.05) is 10.9 Å². The molecule has 22 heavy (non-hydrogen) atoms. The summed E-state index contributed by atoms with van der Waals surface area (Å²) in [6.45, 7) is 0. The summed E-state index contributed by atoms with van der Waals surface area (Å²) in [7, 11) is 0. The van der Waals surface area contributed by atoms with Gasteiger partial charge in [0.1, 0.15) is 0 Å². The summed E-state index contributed by atoms with van der Waals surface area (Å²) in [5.74, 6) is 0. The zero-order chi connectivity index (χ0) is 14.5. The number of rotatable bonds is 1. The fourth-order valence-corrected chi connectivity index (χ4v) is 3.71. The number of nitrogens with zero attached hydrogens (tertiary/aromatic N) is 1. The third kappa shape index (κ3) is 1.62. The van der Waals surface area contributed by atoms with Crippen LogP contribution in [0.3, 0.4) is 0 Å². The molecule has 0 aliphatic heterocycles. The van der Waals surface area contributed by atoms with Gasteiger partial charge in [-0.1, -0.05) is 54.6 Å². The smallest absolute Gasteiger partial charge is 0.0718 e. The van der Waals surface area contributed by atoms with Crippen molar-refractivity contribution in [3.63, 3.8) is 0 Å². The van der Waals surface area contributed by atoms with Crippen LogP contribution in [0.1, 0.15) is 11.1 Å². The van der Waals surface area contributed by atoms with Gasteiger partial charge in [-0.15, -0.1) is 0 Å². The lowest BCUT2D eigenvalue weighted by atomic mass is 9.99. The third-order valence-corrected chi connectivity index (χ3v) is 4.73. The van der Waals surface area contributed by atoms with Crippen molar-refractivity contribution in [2.75, 3.05) is 0 Å². The summed E-state index contributed by atoms with van der Waals surface area (Å²) in [5.41, 5.74) is 6.36. The first-order valence-corrected chi connectivity index (χ1v) is 7.80. The van der Waals surface area contributed by atoms with E-state index in [0.29, 0.717) is 0 Å². The van der Waals surface area contributed by atoms with Crippen LogP contribution >= 0.6 is 0 Å². The van der Waals surface area contributed by atoms with Crippen LogP contribution in [0, 0.1) is 0 Å². The fraction of sp³-hybridized carbons (Fsp3) is 0.0952. The minimum absolute atomic E-state index is 1.10. The van der Waals surface area contributed by atoms with Gasteiger partial charge in [-0.2, -0.15) is 0 Å². The molecule has 0 saturated carbocycles. The SMILES string of the molecule is c1ccc2c(-c3cc4c5c(cccc5n3)CC4)cccc2c1. The lowest BCUT2D eigenvalue weighted by Crippen LogP contribution is -1.90. The lowest BCUT2D eigenvalue weighted by molar-refractivity contribution is 1.02. The van der Waals surface area contributed by atoms with Crippen LogP contribution in [-0.4, -0.2) is 4.98 Å². The molecular formula is C21H15N. The Morgan fingerprint density at radius 3 is 2.55 bits per heavy atom. The van der Waals surface area contributed by atoms with Gasteiger partial charge in [-0.25, -0.2) is 4.98 Å². The summed E-state index contributed by atoms with van der Waals surface area (Å²) < 4.78 is 0. The van der Waals surface area contributed by atoms with E-state index in [1.807, 2.05) is 0 Å². The van der Waals surface area contributed by atoms with E-state index in [0.717, 1.165) is 24.1 Å². The lowest BCUT2D eigenvalue weighted by Gasteiger charge is -2.09. The molecule has 0 fully saturated rings. The Kier molecular flexibility index (Phi) is 2.39. The molecule has 0 atom stereocenters. The molecule has 0 saturated heterocycles. The molecular weight excluding hydrogens is 266 g/mol. The van der Waals surface area contributed by atoms with Crippen molar-refractivity contribution in [2.45, 2.75) is 12.8 Å². The standard InChI is InChI=1S/C21H15N/c1-2-8-17-14(5-1)6-3-9-18(17)20-13-16-12-11-15-7-4-10-19(22-20)21(15)16/h1-10,13H,11-12H2. The zero-order valence-corrected chi connectivity index (χ0v) is 12.2. The van der Waals surface area contributed by atoms with E-state index in [9.17, 15) is 0 Å². The van der Waals surface area contributed by atoms with Crippen LogP contribution in [0.4, 0.5) is 0 Å². The zero-order valence-electron chi connectivity index (χ0n) is 12.2. The molecule has 0 spiro atoms. The average Bonchev–Trinajstić information content (AvgIpc) is 2.99. The van der Waals surface area contributed by atoms with Gasteiger partial charge in [0.25, 0.3) is 0 Å². The summed E-state index contributed by atoms with van der Waals surface area (Å²) >= 11 is 0. The van der Waals surface area contributed by atoms with E-state index in [4.69, 9.17) is 4.98 Å². The highest BCUT2D eigenvalue weighted by Crippen LogP contribution is 2.34. The first kappa shape index (κ1) is 11.9. The van der Waals surface area contributed by atoms with Gasteiger partial charge in [-0.3, -0.25) is 0 Å². The van der Waals surface area contributed by atoms with Crippen LogP contribution in [0.2, 0.25) is 0 Å². The number of hydrogen-bond donors (Lipinski definition) is 0. The monoisotopic (exact) mass is 281 g/mol. The first-order valence-electron chi connectivity index (χ1n) is 7.80.